The number of thiophene rings is 1. The number of anilines is 1. The van der Waals surface area contributed by atoms with Gasteiger partial charge in [0.25, 0.3) is 5.56 Å². The Balaban J connectivity index is 1.52. The summed E-state index contributed by atoms with van der Waals surface area (Å²) in [4.78, 5) is 30.6. The number of carbonyl (C=O) groups excluding carboxylic acids is 1. The molecule has 0 aliphatic carbocycles. The van der Waals surface area contributed by atoms with E-state index in [1.54, 1.807) is 4.57 Å². The summed E-state index contributed by atoms with van der Waals surface area (Å²) in [6.07, 6.45) is 3.38. The van der Waals surface area contributed by atoms with Crippen molar-refractivity contribution in [2.24, 2.45) is 0 Å². The predicted octanol–water partition coefficient (Wildman–Crippen LogP) is 6.53. The van der Waals surface area contributed by atoms with E-state index in [0.29, 0.717) is 21.9 Å². The summed E-state index contributed by atoms with van der Waals surface area (Å²) in [5.41, 5.74) is 5.88. The smallest absolute Gasteiger partial charge is 0.272 e. The Kier molecular flexibility index (Phi) is 7.85. The fourth-order valence-corrected chi connectivity index (χ4v) is 5.59. The highest BCUT2D eigenvalue weighted by Crippen LogP contribution is 2.32. The quantitative estimate of drug-likeness (QED) is 0.214. The number of aryl methyl sites for hydroxylation is 2. The molecule has 0 aliphatic rings. The van der Waals surface area contributed by atoms with E-state index < -0.39 is 0 Å². The van der Waals surface area contributed by atoms with Gasteiger partial charge >= 0.3 is 0 Å². The summed E-state index contributed by atoms with van der Waals surface area (Å²) >= 11 is 2.72. The molecule has 0 unspecified atom stereocenters. The van der Waals surface area contributed by atoms with Gasteiger partial charge in [-0.25, -0.2) is 4.98 Å². The van der Waals surface area contributed by atoms with Crippen LogP contribution < -0.4 is 10.9 Å². The number of nitrogens with one attached hydrogen (secondary N) is 1. The van der Waals surface area contributed by atoms with E-state index in [2.05, 4.69) is 48.6 Å². The molecule has 2 aromatic carbocycles. The average Bonchev–Trinajstić information content (AvgIpc) is 3.27. The van der Waals surface area contributed by atoms with E-state index >= 15 is 0 Å². The van der Waals surface area contributed by atoms with Gasteiger partial charge in [0.1, 0.15) is 4.70 Å². The minimum Gasteiger partial charge on any atom is -0.325 e. The van der Waals surface area contributed by atoms with Gasteiger partial charge in [0.15, 0.2) is 5.16 Å². The predicted molar refractivity (Wildman–Crippen MR) is 144 cm³/mol. The SMILES string of the molecule is CCCCc1ccc(NC(=O)CSc2nc3c(-c4ccc(C)cc4)csc3c(=O)n2CC)cc1. The van der Waals surface area contributed by atoms with Gasteiger partial charge in [0.2, 0.25) is 5.91 Å². The van der Waals surface area contributed by atoms with Crippen molar-refractivity contribution in [1.82, 2.24) is 9.55 Å². The second-order valence-corrected chi connectivity index (χ2v) is 10.1. The number of benzene rings is 2. The Bertz CT molecular complexity index is 1340. The molecule has 4 aromatic rings. The highest BCUT2D eigenvalue weighted by molar-refractivity contribution is 7.99. The van der Waals surface area contributed by atoms with Crippen LogP contribution in [0, 0.1) is 6.92 Å². The lowest BCUT2D eigenvalue weighted by atomic mass is 10.1. The average molecular weight is 492 g/mol. The maximum absolute atomic E-state index is 13.1. The van der Waals surface area contributed by atoms with Crippen LogP contribution in [-0.4, -0.2) is 21.2 Å². The number of thioether (sulfide) groups is 1. The number of fused-ring (bicyclic) bond motifs is 1. The number of aromatic nitrogens is 2. The fraction of sp³-hybridized carbons (Fsp3) is 0.296. The topological polar surface area (TPSA) is 64.0 Å². The zero-order chi connectivity index (χ0) is 24.1. The van der Waals surface area contributed by atoms with Crippen LogP contribution in [0.2, 0.25) is 0 Å². The number of unbranched alkanes of at least 4 members (excludes halogenated alkanes) is 1. The minimum atomic E-state index is -0.118. The van der Waals surface area contributed by atoms with E-state index in [1.165, 1.54) is 34.2 Å². The monoisotopic (exact) mass is 491 g/mol. The van der Waals surface area contributed by atoms with Crippen LogP contribution in [0.4, 0.5) is 5.69 Å². The van der Waals surface area contributed by atoms with E-state index in [1.807, 2.05) is 31.4 Å². The summed E-state index contributed by atoms with van der Waals surface area (Å²) in [7, 11) is 0. The van der Waals surface area contributed by atoms with Crippen molar-refractivity contribution in [2.75, 3.05) is 11.1 Å². The molecular weight excluding hydrogens is 462 g/mol. The molecule has 2 heterocycles. The Morgan fingerprint density at radius 2 is 1.82 bits per heavy atom. The minimum absolute atomic E-state index is 0.0542. The summed E-state index contributed by atoms with van der Waals surface area (Å²) in [6.45, 7) is 6.66. The van der Waals surface area contributed by atoms with Crippen LogP contribution in [0.1, 0.15) is 37.8 Å². The number of nitrogens with zero attached hydrogens (tertiary/aromatic N) is 2. The van der Waals surface area contributed by atoms with Crippen molar-refractivity contribution in [3.63, 3.8) is 0 Å². The third-order valence-corrected chi connectivity index (χ3v) is 7.64. The van der Waals surface area contributed by atoms with Crippen molar-refractivity contribution in [3.05, 3.63) is 75.4 Å². The van der Waals surface area contributed by atoms with E-state index in [9.17, 15) is 9.59 Å². The molecule has 34 heavy (non-hydrogen) atoms. The van der Waals surface area contributed by atoms with Gasteiger partial charge in [-0.15, -0.1) is 11.3 Å². The highest BCUT2D eigenvalue weighted by Gasteiger charge is 2.17. The van der Waals surface area contributed by atoms with Gasteiger partial charge in [0, 0.05) is 23.2 Å². The second-order valence-electron chi connectivity index (χ2n) is 8.27. The molecule has 0 aliphatic heterocycles. The lowest BCUT2D eigenvalue weighted by Crippen LogP contribution is -2.22. The molecule has 2 aromatic heterocycles. The normalized spacial score (nSPS) is 11.1. The number of carbonyl (C=O) groups is 1. The van der Waals surface area contributed by atoms with Gasteiger partial charge in [-0.05, 0) is 49.9 Å². The van der Waals surface area contributed by atoms with Gasteiger partial charge in [-0.1, -0.05) is 67.1 Å². The summed E-state index contributed by atoms with van der Waals surface area (Å²) < 4.78 is 2.30. The van der Waals surface area contributed by atoms with Crippen LogP contribution in [0.25, 0.3) is 21.3 Å². The molecule has 0 saturated carbocycles. The molecule has 0 radical (unpaired) electrons. The highest BCUT2D eigenvalue weighted by atomic mass is 32.2. The Labute approximate surface area is 208 Å². The Morgan fingerprint density at radius 3 is 2.50 bits per heavy atom. The lowest BCUT2D eigenvalue weighted by Gasteiger charge is -2.11. The van der Waals surface area contributed by atoms with Crippen LogP contribution in [0.3, 0.4) is 0 Å². The van der Waals surface area contributed by atoms with Crippen molar-refractivity contribution in [3.8, 4) is 11.1 Å². The zero-order valence-electron chi connectivity index (χ0n) is 19.8. The molecule has 176 valence electrons. The number of hydrogen-bond donors (Lipinski definition) is 1. The van der Waals surface area contributed by atoms with Crippen LogP contribution in [0.15, 0.2) is 63.9 Å². The summed E-state index contributed by atoms with van der Waals surface area (Å²) in [6, 6.07) is 16.2. The first-order valence-electron chi connectivity index (χ1n) is 11.6. The van der Waals surface area contributed by atoms with Crippen molar-refractivity contribution < 1.29 is 4.79 Å². The first kappa shape index (κ1) is 24.2. The number of hydrogen-bond acceptors (Lipinski definition) is 5. The first-order valence-corrected chi connectivity index (χ1v) is 13.5. The molecule has 7 heteroatoms. The largest absolute Gasteiger partial charge is 0.325 e. The van der Waals surface area contributed by atoms with Crippen molar-refractivity contribution in [2.45, 2.75) is 51.7 Å². The van der Waals surface area contributed by atoms with Crippen LogP contribution in [-0.2, 0) is 17.8 Å². The molecule has 0 bridgehead atoms. The summed E-state index contributed by atoms with van der Waals surface area (Å²) in [5.74, 6) is 0.0619. The Hall–Kier alpha value is -2.90. The van der Waals surface area contributed by atoms with Crippen LogP contribution in [0.5, 0.6) is 0 Å². The molecule has 0 fully saturated rings. The standard InChI is InChI=1S/C27H29N3O2S2/c1-4-6-7-19-10-14-21(15-11-19)28-23(31)17-34-27-29-24-22(20-12-8-18(3)9-13-20)16-33-25(24)26(32)30(27)5-2/h8-16H,4-7,17H2,1-3H3,(H,28,31). The Morgan fingerprint density at radius 1 is 1.09 bits per heavy atom. The van der Waals surface area contributed by atoms with E-state index in [0.717, 1.165) is 36.1 Å². The molecule has 1 N–H and O–H groups in total. The molecule has 0 spiro atoms. The third-order valence-electron chi connectivity index (χ3n) is 5.71. The van der Waals surface area contributed by atoms with Gasteiger partial charge in [-0.3, -0.25) is 14.2 Å². The summed E-state index contributed by atoms with van der Waals surface area (Å²) in [5, 5.41) is 5.51. The maximum Gasteiger partial charge on any atom is 0.272 e. The molecule has 0 saturated heterocycles. The molecule has 5 nitrogen and oxygen atoms in total. The number of amides is 1. The van der Waals surface area contributed by atoms with E-state index in [-0.39, 0.29) is 17.2 Å². The van der Waals surface area contributed by atoms with E-state index in [4.69, 9.17) is 4.98 Å². The van der Waals surface area contributed by atoms with Gasteiger partial charge < -0.3 is 5.32 Å². The van der Waals surface area contributed by atoms with Gasteiger partial charge in [0.05, 0.1) is 11.3 Å². The zero-order valence-corrected chi connectivity index (χ0v) is 21.4. The maximum atomic E-state index is 13.1. The van der Waals surface area contributed by atoms with Crippen LogP contribution >= 0.6 is 23.1 Å². The second kappa shape index (κ2) is 11.0. The fourth-order valence-electron chi connectivity index (χ4n) is 3.77. The third kappa shape index (κ3) is 5.42. The van der Waals surface area contributed by atoms with Gasteiger partial charge in [-0.2, -0.15) is 0 Å². The van der Waals surface area contributed by atoms with Crippen molar-refractivity contribution in [1.29, 1.82) is 0 Å². The first-order chi connectivity index (χ1) is 16.5. The van der Waals surface area contributed by atoms with Crippen molar-refractivity contribution >= 4 is 44.9 Å². The molecule has 4 rings (SSSR count). The number of rotatable bonds is 9. The molecular formula is C27H29N3O2S2. The lowest BCUT2D eigenvalue weighted by molar-refractivity contribution is -0.113. The molecule has 0 atom stereocenters. The molecule has 1 amide bonds.